The molecule has 1 nitrogen and oxygen atoms in total. The third kappa shape index (κ3) is 3.35. The summed E-state index contributed by atoms with van der Waals surface area (Å²) in [6.45, 7) is 2.42. The first-order chi connectivity index (χ1) is 9.74. The minimum atomic E-state index is 0.496. The van der Waals surface area contributed by atoms with Crippen LogP contribution in [-0.4, -0.2) is 11.8 Å². The third-order valence-corrected chi connectivity index (χ3v) is 6.15. The average molecular weight is 310 g/mol. The van der Waals surface area contributed by atoms with Crippen molar-refractivity contribution >= 4 is 23.4 Å². The minimum Gasteiger partial charge on any atom is -0.307 e. The molecule has 0 aromatic heterocycles. The van der Waals surface area contributed by atoms with Crippen LogP contribution in [0.5, 0.6) is 0 Å². The standard InChI is InChI=1S/C17H24ClNS/c1-12-5-3-2-4-6-15(12)19-16-9-10-20-17-8-7-13(18)11-14(16)17/h7-8,11-12,15-16,19H,2-6,9-10H2,1H3. The predicted molar refractivity (Wildman–Crippen MR) is 88.7 cm³/mol. The zero-order valence-corrected chi connectivity index (χ0v) is 13.8. The fourth-order valence-corrected chi connectivity index (χ4v) is 4.82. The van der Waals surface area contributed by atoms with Gasteiger partial charge in [0.15, 0.2) is 0 Å². The maximum absolute atomic E-state index is 6.20. The molecule has 1 aromatic carbocycles. The van der Waals surface area contributed by atoms with E-state index in [9.17, 15) is 0 Å². The zero-order chi connectivity index (χ0) is 13.9. The molecule has 0 spiro atoms. The molecule has 1 aliphatic heterocycles. The van der Waals surface area contributed by atoms with E-state index in [1.807, 2.05) is 17.8 Å². The number of hydrogen-bond acceptors (Lipinski definition) is 2. The van der Waals surface area contributed by atoms with Crippen LogP contribution in [0.3, 0.4) is 0 Å². The van der Waals surface area contributed by atoms with Crippen molar-refractivity contribution in [2.75, 3.05) is 5.75 Å². The SMILES string of the molecule is CC1CCCCCC1NC1CCSc2ccc(Cl)cc21. The minimum absolute atomic E-state index is 0.496. The van der Waals surface area contributed by atoms with Crippen molar-refractivity contribution in [3.05, 3.63) is 28.8 Å². The van der Waals surface area contributed by atoms with E-state index in [1.165, 1.54) is 54.7 Å². The van der Waals surface area contributed by atoms with E-state index in [2.05, 4.69) is 24.4 Å². The molecule has 20 heavy (non-hydrogen) atoms. The van der Waals surface area contributed by atoms with E-state index in [-0.39, 0.29) is 0 Å². The van der Waals surface area contributed by atoms with Crippen molar-refractivity contribution in [2.24, 2.45) is 5.92 Å². The summed E-state index contributed by atoms with van der Waals surface area (Å²) in [5.41, 5.74) is 1.42. The van der Waals surface area contributed by atoms with Gasteiger partial charge in [-0.2, -0.15) is 0 Å². The lowest BCUT2D eigenvalue weighted by molar-refractivity contribution is 0.316. The quantitative estimate of drug-likeness (QED) is 0.730. The smallest absolute Gasteiger partial charge is 0.0410 e. The third-order valence-electron chi connectivity index (χ3n) is 4.79. The lowest BCUT2D eigenvalue weighted by Gasteiger charge is -2.32. The van der Waals surface area contributed by atoms with Gasteiger partial charge in [-0.05, 0) is 54.7 Å². The second-order valence-corrected chi connectivity index (χ2v) is 7.83. The number of hydrogen-bond donors (Lipinski definition) is 1. The fraction of sp³-hybridized carbons (Fsp3) is 0.647. The molecule has 1 N–H and O–H groups in total. The summed E-state index contributed by atoms with van der Waals surface area (Å²) in [7, 11) is 0. The van der Waals surface area contributed by atoms with Gasteiger partial charge in [0.25, 0.3) is 0 Å². The van der Waals surface area contributed by atoms with Gasteiger partial charge in [-0.15, -0.1) is 11.8 Å². The van der Waals surface area contributed by atoms with Crippen molar-refractivity contribution in [1.82, 2.24) is 5.32 Å². The highest BCUT2D eigenvalue weighted by atomic mass is 35.5. The molecular weight excluding hydrogens is 286 g/mol. The summed E-state index contributed by atoms with van der Waals surface area (Å²) in [5.74, 6) is 2.02. The largest absolute Gasteiger partial charge is 0.307 e. The lowest BCUT2D eigenvalue weighted by atomic mass is 9.94. The van der Waals surface area contributed by atoms with Gasteiger partial charge >= 0.3 is 0 Å². The highest BCUT2D eigenvalue weighted by Gasteiger charge is 2.26. The van der Waals surface area contributed by atoms with Crippen LogP contribution in [0, 0.1) is 5.92 Å². The predicted octanol–water partition coefficient (Wildman–Crippen LogP) is 5.44. The fourth-order valence-electron chi connectivity index (χ4n) is 3.54. The van der Waals surface area contributed by atoms with Gasteiger partial charge in [-0.3, -0.25) is 0 Å². The van der Waals surface area contributed by atoms with E-state index >= 15 is 0 Å². The number of fused-ring (bicyclic) bond motifs is 1. The molecule has 3 rings (SSSR count). The van der Waals surface area contributed by atoms with E-state index in [0.29, 0.717) is 12.1 Å². The Labute approximate surface area is 131 Å². The number of nitrogens with one attached hydrogen (secondary N) is 1. The molecule has 0 radical (unpaired) electrons. The Bertz CT molecular complexity index is 462. The van der Waals surface area contributed by atoms with Gasteiger partial charge in [-0.1, -0.05) is 37.8 Å². The molecule has 1 heterocycles. The number of benzene rings is 1. The van der Waals surface area contributed by atoms with Crippen molar-refractivity contribution in [1.29, 1.82) is 0 Å². The lowest BCUT2D eigenvalue weighted by Crippen LogP contribution is -2.38. The van der Waals surface area contributed by atoms with E-state index in [4.69, 9.17) is 11.6 Å². The number of rotatable bonds is 2. The van der Waals surface area contributed by atoms with Crippen LogP contribution in [0.15, 0.2) is 23.1 Å². The highest BCUT2D eigenvalue weighted by molar-refractivity contribution is 7.99. The summed E-state index contributed by atoms with van der Waals surface area (Å²) >= 11 is 8.17. The van der Waals surface area contributed by atoms with Gasteiger partial charge in [0, 0.05) is 22.0 Å². The molecule has 3 heteroatoms. The van der Waals surface area contributed by atoms with Gasteiger partial charge in [-0.25, -0.2) is 0 Å². The van der Waals surface area contributed by atoms with Crippen molar-refractivity contribution in [3.63, 3.8) is 0 Å². The molecule has 0 bridgehead atoms. The maximum atomic E-state index is 6.20. The van der Waals surface area contributed by atoms with Crippen LogP contribution >= 0.6 is 23.4 Å². The van der Waals surface area contributed by atoms with Gasteiger partial charge < -0.3 is 5.32 Å². The molecule has 1 saturated carbocycles. The van der Waals surface area contributed by atoms with Crippen LogP contribution in [0.25, 0.3) is 0 Å². The monoisotopic (exact) mass is 309 g/mol. The molecular formula is C17H24ClNS. The zero-order valence-electron chi connectivity index (χ0n) is 12.2. The van der Waals surface area contributed by atoms with Crippen molar-refractivity contribution in [2.45, 2.75) is 62.4 Å². The van der Waals surface area contributed by atoms with Gasteiger partial charge in [0.2, 0.25) is 0 Å². The second kappa shape index (κ2) is 6.72. The Morgan fingerprint density at radius 1 is 1.15 bits per heavy atom. The summed E-state index contributed by atoms with van der Waals surface area (Å²) in [4.78, 5) is 1.42. The second-order valence-electron chi connectivity index (χ2n) is 6.26. The summed E-state index contributed by atoms with van der Waals surface area (Å²) in [5, 5.41) is 4.83. The molecule has 0 saturated heterocycles. The van der Waals surface area contributed by atoms with Crippen LogP contribution in [0.1, 0.15) is 57.1 Å². The van der Waals surface area contributed by atoms with Crippen molar-refractivity contribution < 1.29 is 0 Å². The normalized spacial score (nSPS) is 30.6. The van der Waals surface area contributed by atoms with Crippen LogP contribution in [-0.2, 0) is 0 Å². The Kier molecular flexibility index (Phi) is 4.95. The van der Waals surface area contributed by atoms with Crippen LogP contribution in [0.4, 0.5) is 0 Å². The summed E-state index contributed by atoms with van der Waals surface area (Å²) in [6.07, 6.45) is 8.13. The topological polar surface area (TPSA) is 12.0 Å². The van der Waals surface area contributed by atoms with E-state index in [1.54, 1.807) is 0 Å². The number of thioether (sulfide) groups is 1. The first-order valence-corrected chi connectivity index (χ1v) is 9.28. The molecule has 3 atom stereocenters. The van der Waals surface area contributed by atoms with Gasteiger partial charge in [0.1, 0.15) is 0 Å². The maximum Gasteiger partial charge on any atom is 0.0410 e. The first kappa shape index (κ1) is 14.7. The first-order valence-electron chi connectivity index (χ1n) is 7.92. The molecule has 110 valence electrons. The van der Waals surface area contributed by atoms with Crippen LogP contribution < -0.4 is 5.32 Å². The summed E-state index contributed by atoms with van der Waals surface area (Å²) in [6, 6.07) is 7.55. The molecule has 1 fully saturated rings. The molecule has 2 aliphatic rings. The van der Waals surface area contributed by atoms with Crippen LogP contribution in [0.2, 0.25) is 5.02 Å². The average Bonchev–Trinajstić information content (AvgIpc) is 2.65. The molecule has 3 unspecified atom stereocenters. The Morgan fingerprint density at radius 2 is 2.00 bits per heavy atom. The number of halogens is 1. The van der Waals surface area contributed by atoms with E-state index < -0.39 is 0 Å². The van der Waals surface area contributed by atoms with Gasteiger partial charge in [0.05, 0.1) is 0 Å². The molecule has 0 amide bonds. The Balaban J connectivity index is 1.76. The molecule has 1 aliphatic carbocycles. The van der Waals surface area contributed by atoms with E-state index in [0.717, 1.165) is 10.9 Å². The van der Waals surface area contributed by atoms with Crippen molar-refractivity contribution in [3.8, 4) is 0 Å². The Morgan fingerprint density at radius 3 is 2.90 bits per heavy atom. The Hall–Kier alpha value is -0.180. The highest BCUT2D eigenvalue weighted by Crippen LogP contribution is 2.38. The summed E-state index contributed by atoms with van der Waals surface area (Å²) < 4.78 is 0. The molecule has 1 aromatic rings.